The van der Waals surface area contributed by atoms with E-state index in [2.05, 4.69) is 10.6 Å². The maximum Gasteiger partial charge on any atom is 0.319 e. The highest BCUT2D eigenvalue weighted by atomic mass is 16.5. The molecule has 0 unspecified atom stereocenters. The summed E-state index contributed by atoms with van der Waals surface area (Å²) in [5.41, 5.74) is 2.86. The molecule has 4 heteroatoms. The van der Waals surface area contributed by atoms with Crippen molar-refractivity contribution in [3.8, 4) is 11.5 Å². The second-order valence-corrected chi connectivity index (χ2v) is 5.70. The first-order valence-corrected chi connectivity index (χ1v) is 8.13. The normalized spacial score (nSPS) is 10.1. The predicted octanol–water partition coefficient (Wildman–Crippen LogP) is 5.11. The highest BCUT2D eigenvalue weighted by molar-refractivity contribution is 5.90. The first-order valence-electron chi connectivity index (χ1n) is 8.13. The Labute approximate surface area is 147 Å². The van der Waals surface area contributed by atoms with Crippen LogP contribution in [-0.2, 0) is 6.54 Å². The van der Waals surface area contributed by atoms with E-state index >= 15 is 0 Å². The minimum Gasteiger partial charge on any atom is -0.455 e. The van der Waals surface area contributed by atoms with E-state index in [4.69, 9.17) is 4.74 Å². The molecule has 0 radical (unpaired) electrons. The third-order valence-corrected chi connectivity index (χ3v) is 3.68. The molecule has 0 bridgehead atoms. The average Bonchev–Trinajstić information content (AvgIpc) is 2.64. The number of rotatable bonds is 5. The highest BCUT2D eigenvalue weighted by Crippen LogP contribution is 2.28. The number of nitrogens with one attached hydrogen (secondary N) is 2. The van der Waals surface area contributed by atoms with E-state index in [1.54, 1.807) is 0 Å². The van der Waals surface area contributed by atoms with Crippen molar-refractivity contribution in [2.75, 3.05) is 5.32 Å². The molecule has 2 N–H and O–H groups in total. The number of amides is 2. The molecule has 3 aromatic rings. The fourth-order valence-electron chi connectivity index (χ4n) is 2.33. The molecule has 25 heavy (non-hydrogen) atoms. The van der Waals surface area contributed by atoms with E-state index in [0.29, 0.717) is 18.0 Å². The van der Waals surface area contributed by atoms with Crippen LogP contribution in [0.3, 0.4) is 0 Å². The fourth-order valence-corrected chi connectivity index (χ4v) is 2.33. The van der Waals surface area contributed by atoms with Crippen molar-refractivity contribution in [3.05, 3.63) is 90.0 Å². The van der Waals surface area contributed by atoms with Crippen LogP contribution in [0.1, 0.15) is 11.1 Å². The third kappa shape index (κ3) is 4.85. The average molecular weight is 332 g/mol. The molecular weight excluding hydrogens is 312 g/mol. The van der Waals surface area contributed by atoms with Gasteiger partial charge in [0.25, 0.3) is 0 Å². The molecule has 0 heterocycles. The Bertz CT molecular complexity index is 830. The molecule has 0 spiro atoms. The quantitative estimate of drug-likeness (QED) is 0.682. The number of carbonyl (C=O) groups is 1. The fraction of sp³-hybridized carbons (Fsp3) is 0.0952. The molecule has 0 aliphatic carbocycles. The zero-order valence-electron chi connectivity index (χ0n) is 14.0. The Kier molecular flexibility index (Phi) is 5.32. The molecule has 0 aromatic heterocycles. The Balaban J connectivity index is 1.62. The molecule has 0 aliphatic heterocycles. The van der Waals surface area contributed by atoms with E-state index in [1.165, 1.54) is 5.56 Å². The predicted molar refractivity (Wildman–Crippen MR) is 100.0 cm³/mol. The summed E-state index contributed by atoms with van der Waals surface area (Å²) in [6.07, 6.45) is 0. The number of ether oxygens (including phenoxy) is 1. The summed E-state index contributed by atoms with van der Waals surface area (Å²) in [5, 5.41) is 5.69. The van der Waals surface area contributed by atoms with Crippen molar-refractivity contribution in [3.63, 3.8) is 0 Å². The maximum absolute atomic E-state index is 12.2. The topological polar surface area (TPSA) is 50.4 Å². The first kappa shape index (κ1) is 16.6. The van der Waals surface area contributed by atoms with Crippen LogP contribution < -0.4 is 15.4 Å². The second kappa shape index (κ2) is 8.02. The molecule has 3 rings (SSSR count). The molecular formula is C21H20N2O2. The van der Waals surface area contributed by atoms with Gasteiger partial charge >= 0.3 is 6.03 Å². The zero-order valence-corrected chi connectivity index (χ0v) is 14.0. The van der Waals surface area contributed by atoms with Crippen molar-refractivity contribution >= 4 is 11.7 Å². The minimum absolute atomic E-state index is 0.273. The van der Waals surface area contributed by atoms with Gasteiger partial charge in [-0.05, 0) is 36.8 Å². The molecule has 0 aliphatic rings. The summed E-state index contributed by atoms with van der Waals surface area (Å²) in [5.74, 6) is 1.32. The van der Waals surface area contributed by atoms with Crippen molar-refractivity contribution < 1.29 is 9.53 Å². The molecule has 4 nitrogen and oxygen atoms in total. The van der Waals surface area contributed by atoms with Gasteiger partial charge in [-0.15, -0.1) is 0 Å². The number of para-hydroxylation sites is 3. The van der Waals surface area contributed by atoms with Crippen LogP contribution in [0.2, 0.25) is 0 Å². The van der Waals surface area contributed by atoms with Crippen molar-refractivity contribution in [2.45, 2.75) is 13.5 Å². The number of benzene rings is 3. The molecule has 0 saturated carbocycles. The maximum atomic E-state index is 12.2. The lowest BCUT2D eigenvalue weighted by molar-refractivity contribution is 0.251. The van der Waals surface area contributed by atoms with Crippen LogP contribution in [0, 0.1) is 6.92 Å². The Hall–Kier alpha value is -3.27. The summed E-state index contributed by atoms with van der Waals surface area (Å²) in [4.78, 5) is 12.2. The summed E-state index contributed by atoms with van der Waals surface area (Å²) in [6, 6.07) is 24.6. The van der Waals surface area contributed by atoms with Crippen LogP contribution in [0.5, 0.6) is 11.5 Å². The molecule has 0 atom stereocenters. The zero-order chi connectivity index (χ0) is 17.5. The lowest BCUT2D eigenvalue weighted by Gasteiger charge is -2.13. The van der Waals surface area contributed by atoms with E-state index < -0.39 is 0 Å². The molecule has 0 fully saturated rings. The van der Waals surface area contributed by atoms with Gasteiger partial charge in [0.05, 0.1) is 5.69 Å². The number of aryl methyl sites for hydroxylation is 1. The van der Waals surface area contributed by atoms with Gasteiger partial charge < -0.3 is 15.4 Å². The van der Waals surface area contributed by atoms with Gasteiger partial charge in [0, 0.05) is 6.54 Å². The largest absolute Gasteiger partial charge is 0.455 e. The summed E-state index contributed by atoms with van der Waals surface area (Å²) in [7, 11) is 0. The highest BCUT2D eigenvalue weighted by Gasteiger charge is 2.08. The molecule has 3 aromatic carbocycles. The standard InChI is InChI=1S/C21H20N2O2/c1-16-11-13-17(14-12-16)15-22-21(24)23-19-9-5-6-10-20(19)25-18-7-3-2-4-8-18/h2-14H,15H2,1H3,(H2,22,23,24). The van der Waals surface area contributed by atoms with Crippen LogP contribution in [0.4, 0.5) is 10.5 Å². The van der Waals surface area contributed by atoms with Gasteiger partial charge in [-0.25, -0.2) is 4.79 Å². The molecule has 126 valence electrons. The van der Waals surface area contributed by atoms with Crippen molar-refractivity contribution in [1.29, 1.82) is 0 Å². The monoisotopic (exact) mass is 332 g/mol. The number of hydrogen-bond donors (Lipinski definition) is 2. The van der Waals surface area contributed by atoms with Crippen molar-refractivity contribution in [1.82, 2.24) is 5.32 Å². The smallest absolute Gasteiger partial charge is 0.319 e. The van der Waals surface area contributed by atoms with E-state index in [9.17, 15) is 4.79 Å². The molecule has 0 saturated heterocycles. The Morgan fingerprint density at radius 2 is 1.56 bits per heavy atom. The third-order valence-electron chi connectivity index (χ3n) is 3.68. The van der Waals surface area contributed by atoms with E-state index in [1.807, 2.05) is 85.8 Å². The lowest BCUT2D eigenvalue weighted by atomic mass is 10.1. The number of anilines is 1. The van der Waals surface area contributed by atoms with Crippen LogP contribution >= 0.6 is 0 Å². The van der Waals surface area contributed by atoms with Gasteiger partial charge in [-0.2, -0.15) is 0 Å². The summed E-state index contributed by atoms with van der Waals surface area (Å²) < 4.78 is 5.84. The van der Waals surface area contributed by atoms with Gasteiger partial charge in [0.1, 0.15) is 5.75 Å². The SMILES string of the molecule is Cc1ccc(CNC(=O)Nc2ccccc2Oc2ccccc2)cc1. The summed E-state index contributed by atoms with van der Waals surface area (Å²) in [6.45, 7) is 2.50. The van der Waals surface area contributed by atoms with Crippen LogP contribution in [0.25, 0.3) is 0 Å². The van der Waals surface area contributed by atoms with Crippen LogP contribution in [-0.4, -0.2) is 6.03 Å². The van der Waals surface area contributed by atoms with Gasteiger partial charge in [0.15, 0.2) is 5.75 Å². The number of carbonyl (C=O) groups excluding carboxylic acids is 1. The second-order valence-electron chi connectivity index (χ2n) is 5.70. The molecule has 2 amide bonds. The Morgan fingerprint density at radius 3 is 2.32 bits per heavy atom. The number of urea groups is 1. The van der Waals surface area contributed by atoms with Gasteiger partial charge in [0.2, 0.25) is 0 Å². The van der Waals surface area contributed by atoms with E-state index in [-0.39, 0.29) is 6.03 Å². The van der Waals surface area contributed by atoms with Gasteiger partial charge in [-0.3, -0.25) is 0 Å². The van der Waals surface area contributed by atoms with E-state index in [0.717, 1.165) is 11.3 Å². The lowest BCUT2D eigenvalue weighted by Crippen LogP contribution is -2.28. The first-order chi connectivity index (χ1) is 12.2. The van der Waals surface area contributed by atoms with Crippen molar-refractivity contribution in [2.24, 2.45) is 0 Å². The van der Waals surface area contributed by atoms with Crippen LogP contribution in [0.15, 0.2) is 78.9 Å². The Morgan fingerprint density at radius 1 is 0.880 bits per heavy atom. The minimum atomic E-state index is -0.273. The summed E-state index contributed by atoms with van der Waals surface area (Å²) >= 11 is 0. The van der Waals surface area contributed by atoms with Gasteiger partial charge in [-0.1, -0.05) is 60.2 Å². The number of hydrogen-bond acceptors (Lipinski definition) is 2.